The highest BCUT2D eigenvalue weighted by Crippen LogP contribution is 2.28. The van der Waals surface area contributed by atoms with Gasteiger partial charge in [0, 0.05) is 16.6 Å². The second kappa shape index (κ2) is 8.67. The zero-order valence-corrected chi connectivity index (χ0v) is 15.6. The van der Waals surface area contributed by atoms with Crippen LogP contribution in [0.4, 0.5) is 10.8 Å². The average molecular weight is 353 g/mol. The van der Waals surface area contributed by atoms with Gasteiger partial charge in [0.05, 0.1) is 12.8 Å². The van der Waals surface area contributed by atoms with Gasteiger partial charge >= 0.3 is 0 Å². The fourth-order valence-electron chi connectivity index (χ4n) is 2.68. The number of hydrogen-bond donors (Lipinski definition) is 1. The Morgan fingerprint density at radius 3 is 2.44 bits per heavy atom. The fraction of sp³-hybridized carbons (Fsp3) is 0.286. The van der Waals surface area contributed by atoms with Crippen molar-refractivity contribution < 1.29 is 4.74 Å². The number of aromatic nitrogens is 1. The van der Waals surface area contributed by atoms with Crippen molar-refractivity contribution in [3.63, 3.8) is 0 Å². The van der Waals surface area contributed by atoms with Gasteiger partial charge in [-0.15, -0.1) is 11.3 Å². The standard InChI is InChI=1S/C21H24N2OS/c1-3-4-5-6-16-7-9-17(10-8-16)20-15-25-21(23-20)22-18-11-13-19(24-2)14-12-18/h7-15H,3-6H2,1-2H3,(H,22,23). The Hall–Kier alpha value is -2.33. The Bertz CT molecular complexity index is 778. The van der Waals surface area contributed by atoms with E-state index in [2.05, 4.69) is 41.9 Å². The molecule has 1 N–H and O–H groups in total. The molecular formula is C21H24N2OS. The number of methoxy groups -OCH3 is 1. The molecule has 3 nitrogen and oxygen atoms in total. The molecule has 0 spiro atoms. The minimum Gasteiger partial charge on any atom is -0.497 e. The van der Waals surface area contributed by atoms with Gasteiger partial charge < -0.3 is 10.1 Å². The molecule has 0 fully saturated rings. The summed E-state index contributed by atoms with van der Waals surface area (Å²) in [5.41, 5.74) is 4.59. The molecule has 0 aliphatic rings. The first-order valence-electron chi connectivity index (χ1n) is 8.74. The van der Waals surface area contributed by atoms with Crippen LogP contribution in [0.5, 0.6) is 5.75 Å². The molecule has 0 atom stereocenters. The number of hydrogen-bond acceptors (Lipinski definition) is 4. The quantitative estimate of drug-likeness (QED) is 0.483. The van der Waals surface area contributed by atoms with Gasteiger partial charge in [0.2, 0.25) is 0 Å². The number of nitrogens with zero attached hydrogens (tertiary/aromatic N) is 1. The van der Waals surface area contributed by atoms with Gasteiger partial charge in [-0.1, -0.05) is 44.0 Å². The molecule has 130 valence electrons. The molecule has 0 unspecified atom stereocenters. The molecule has 0 saturated carbocycles. The summed E-state index contributed by atoms with van der Waals surface area (Å²) >= 11 is 1.62. The predicted molar refractivity (Wildman–Crippen MR) is 107 cm³/mol. The summed E-state index contributed by atoms with van der Waals surface area (Å²) in [6.45, 7) is 2.24. The number of anilines is 2. The highest BCUT2D eigenvalue weighted by molar-refractivity contribution is 7.14. The molecule has 25 heavy (non-hydrogen) atoms. The van der Waals surface area contributed by atoms with Gasteiger partial charge in [0.1, 0.15) is 5.75 Å². The molecule has 0 bridgehead atoms. The van der Waals surface area contributed by atoms with Gasteiger partial charge in [-0.25, -0.2) is 4.98 Å². The van der Waals surface area contributed by atoms with E-state index >= 15 is 0 Å². The average Bonchev–Trinajstić information content (AvgIpc) is 3.12. The Kier molecular flexibility index (Phi) is 6.07. The predicted octanol–water partition coefficient (Wildman–Crippen LogP) is 6.30. The molecule has 0 aliphatic heterocycles. The van der Waals surface area contributed by atoms with E-state index in [1.807, 2.05) is 24.3 Å². The van der Waals surface area contributed by atoms with Crippen LogP contribution in [0, 0.1) is 0 Å². The minimum atomic E-state index is 0.851. The van der Waals surface area contributed by atoms with E-state index in [0.717, 1.165) is 28.7 Å². The zero-order valence-electron chi connectivity index (χ0n) is 14.8. The summed E-state index contributed by atoms with van der Waals surface area (Å²) in [6, 6.07) is 16.7. The first-order chi connectivity index (χ1) is 12.3. The molecule has 3 aromatic rings. The van der Waals surface area contributed by atoms with Crippen molar-refractivity contribution in [1.29, 1.82) is 0 Å². The first kappa shape index (κ1) is 17.5. The maximum atomic E-state index is 5.18. The highest BCUT2D eigenvalue weighted by Gasteiger charge is 2.05. The number of aryl methyl sites for hydroxylation is 1. The highest BCUT2D eigenvalue weighted by atomic mass is 32.1. The number of thiazole rings is 1. The van der Waals surface area contributed by atoms with Crippen molar-refractivity contribution in [3.8, 4) is 17.0 Å². The molecule has 0 amide bonds. The van der Waals surface area contributed by atoms with Gasteiger partial charge in [0.25, 0.3) is 0 Å². The third kappa shape index (κ3) is 4.83. The van der Waals surface area contributed by atoms with Crippen LogP contribution in [-0.4, -0.2) is 12.1 Å². The van der Waals surface area contributed by atoms with Crippen molar-refractivity contribution >= 4 is 22.2 Å². The smallest absolute Gasteiger partial charge is 0.187 e. The number of nitrogens with one attached hydrogen (secondary N) is 1. The van der Waals surface area contributed by atoms with E-state index in [-0.39, 0.29) is 0 Å². The number of unbranched alkanes of at least 4 members (excludes halogenated alkanes) is 2. The van der Waals surface area contributed by atoms with Crippen molar-refractivity contribution in [2.45, 2.75) is 32.6 Å². The normalized spacial score (nSPS) is 10.6. The SMILES string of the molecule is CCCCCc1ccc(-c2csc(Nc3ccc(OC)cc3)n2)cc1. The lowest BCUT2D eigenvalue weighted by Crippen LogP contribution is -1.90. The summed E-state index contributed by atoms with van der Waals surface area (Å²) in [5, 5.41) is 6.33. The van der Waals surface area contributed by atoms with Crippen molar-refractivity contribution in [1.82, 2.24) is 4.98 Å². The van der Waals surface area contributed by atoms with Crippen LogP contribution in [-0.2, 0) is 6.42 Å². The number of ether oxygens (including phenoxy) is 1. The van der Waals surface area contributed by atoms with Crippen LogP contribution in [0.25, 0.3) is 11.3 Å². The Balaban J connectivity index is 1.64. The van der Waals surface area contributed by atoms with Gasteiger partial charge in [-0.3, -0.25) is 0 Å². The second-order valence-corrected chi connectivity index (χ2v) is 6.90. The Morgan fingerprint density at radius 2 is 1.76 bits per heavy atom. The molecular weight excluding hydrogens is 328 g/mol. The van der Waals surface area contributed by atoms with Crippen LogP contribution < -0.4 is 10.1 Å². The molecule has 0 radical (unpaired) electrons. The molecule has 0 aliphatic carbocycles. The monoisotopic (exact) mass is 352 g/mol. The topological polar surface area (TPSA) is 34.1 Å². The lowest BCUT2D eigenvalue weighted by Gasteiger charge is -2.04. The molecule has 2 aromatic carbocycles. The molecule has 1 heterocycles. The minimum absolute atomic E-state index is 0.851. The van der Waals surface area contributed by atoms with Crippen molar-refractivity contribution in [2.75, 3.05) is 12.4 Å². The lowest BCUT2D eigenvalue weighted by molar-refractivity contribution is 0.415. The van der Waals surface area contributed by atoms with Crippen LogP contribution in [0.3, 0.4) is 0 Å². The largest absolute Gasteiger partial charge is 0.497 e. The molecule has 3 rings (SSSR count). The van der Waals surface area contributed by atoms with Gasteiger partial charge in [0.15, 0.2) is 5.13 Å². The van der Waals surface area contributed by atoms with Crippen molar-refractivity contribution in [2.24, 2.45) is 0 Å². The summed E-state index contributed by atoms with van der Waals surface area (Å²) in [7, 11) is 1.67. The second-order valence-electron chi connectivity index (χ2n) is 6.05. The van der Waals surface area contributed by atoms with E-state index < -0.39 is 0 Å². The van der Waals surface area contributed by atoms with E-state index in [1.165, 1.54) is 30.4 Å². The number of benzene rings is 2. The lowest BCUT2D eigenvalue weighted by atomic mass is 10.0. The van der Waals surface area contributed by atoms with E-state index in [1.54, 1.807) is 18.4 Å². The first-order valence-corrected chi connectivity index (χ1v) is 9.62. The number of rotatable bonds is 8. The van der Waals surface area contributed by atoms with E-state index in [0.29, 0.717) is 0 Å². The summed E-state index contributed by atoms with van der Waals surface area (Å²) < 4.78 is 5.18. The van der Waals surface area contributed by atoms with Gasteiger partial charge in [-0.05, 0) is 42.7 Å². The van der Waals surface area contributed by atoms with Crippen LogP contribution in [0.1, 0.15) is 31.7 Å². The third-order valence-corrected chi connectivity index (χ3v) is 4.92. The maximum absolute atomic E-state index is 5.18. The van der Waals surface area contributed by atoms with Crippen LogP contribution in [0.15, 0.2) is 53.9 Å². The summed E-state index contributed by atoms with van der Waals surface area (Å²) in [4.78, 5) is 4.70. The Morgan fingerprint density at radius 1 is 1.00 bits per heavy atom. The van der Waals surface area contributed by atoms with Crippen molar-refractivity contribution in [3.05, 3.63) is 59.5 Å². The molecule has 0 saturated heterocycles. The third-order valence-electron chi connectivity index (χ3n) is 4.16. The van der Waals surface area contributed by atoms with Crippen LogP contribution in [0.2, 0.25) is 0 Å². The van der Waals surface area contributed by atoms with E-state index in [4.69, 9.17) is 9.72 Å². The van der Waals surface area contributed by atoms with Crippen LogP contribution >= 0.6 is 11.3 Å². The molecule has 1 aromatic heterocycles. The molecule has 4 heteroatoms. The fourth-order valence-corrected chi connectivity index (χ4v) is 3.42. The summed E-state index contributed by atoms with van der Waals surface area (Å²) in [6.07, 6.45) is 4.99. The maximum Gasteiger partial charge on any atom is 0.187 e. The summed E-state index contributed by atoms with van der Waals surface area (Å²) in [5.74, 6) is 0.851. The van der Waals surface area contributed by atoms with E-state index in [9.17, 15) is 0 Å². The zero-order chi connectivity index (χ0) is 17.5. The van der Waals surface area contributed by atoms with Gasteiger partial charge in [-0.2, -0.15) is 0 Å². The Labute approximate surface area is 153 Å².